The number of carbonyl (C=O) groups excluding carboxylic acids is 3. The molecule has 1 aromatic carbocycles. The normalized spacial score (nSPS) is 21.9. The number of carbonyl (C=O) groups is 3. The van der Waals surface area contributed by atoms with Gasteiger partial charge in [-0.15, -0.1) is 0 Å². The molecule has 1 saturated heterocycles. The fraction of sp³-hybridized carbons (Fsp3) is 0.450. The first-order valence-corrected chi connectivity index (χ1v) is 10.5. The summed E-state index contributed by atoms with van der Waals surface area (Å²) >= 11 is 1.24. The largest absolute Gasteiger partial charge is 0.469 e. The second-order valence-corrected chi connectivity index (χ2v) is 8.05. The van der Waals surface area contributed by atoms with E-state index in [1.807, 2.05) is 24.0 Å². The van der Waals surface area contributed by atoms with Gasteiger partial charge in [-0.05, 0) is 19.1 Å². The van der Waals surface area contributed by atoms with Gasteiger partial charge in [-0.2, -0.15) is 4.99 Å². The van der Waals surface area contributed by atoms with Gasteiger partial charge in [0, 0.05) is 37.3 Å². The van der Waals surface area contributed by atoms with Crippen molar-refractivity contribution >= 4 is 40.5 Å². The highest BCUT2D eigenvalue weighted by Crippen LogP contribution is 2.31. The van der Waals surface area contributed by atoms with Crippen molar-refractivity contribution in [2.24, 2.45) is 9.98 Å². The quantitative estimate of drug-likeness (QED) is 0.636. The molecular weight excluding hydrogens is 406 g/mol. The second-order valence-electron chi connectivity index (χ2n) is 6.94. The van der Waals surface area contributed by atoms with Crippen molar-refractivity contribution in [2.75, 3.05) is 33.8 Å². The molecule has 0 saturated carbocycles. The summed E-state index contributed by atoms with van der Waals surface area (Å²) in [6.07, 6.45) is 0.112. The van der Waals surface area contributed by atoms with Crippen molar-refractivity contribution in [3.63, 3.8) is 0 Å². The lowest BCUT2D eigenvalue weighted by Crippen LogP contribution is -2.41. The monoisotopic (exact) mass is 431 g/mol. The molecule has 0 aromatic heterocycles. The van der Waals surface area contributed by atoms with Crippen LogP contribution in [0.25, 0.3) is 0 Å². The fourth-order valence-electron chi connectivity index (χ4n) is 3.05. The van der Waals surface area contributed by atoms with Crippen molar-refractivity contribution in [3.8, 4) is 0 Å². The first-order chi connectivity index (χ1) is 14.4. The molecule has 2 heterocycles. The van der Waals surface area contributed by atoms with Crippen LogP contribution < -0.4 is 10.6 Å². The Hall–Kier alpha value is -2.88. The van der Waals surface area contributed by atoms with Crippen LogP contribution in [0.2, 0.25) is 0 Å². The van der Waals surface area contributed by atoms with Crippen molar-refractivity contribution in [1.29, 1.82) is 0 Å². The minimum absolute atomic E-state index is 0.112. The van der Waals surface area contributed by atoms with Gasteiger partial charge < -0.3 is 20.3 Å². The zero-order chi connectivity index (χ0) is 21.7. The number of esters is 1. The summed E-state index contributed by atoms with van der Waals surface area (Å²) in [4.78, 5) is 46.7. The predicted molar refractivity (Wildman–Crippen MR) is 116 cm³/mol. The minimum atomic E-state index is -0.423. The van der Waals surface area contributed by atoms with Crippen LogP contribution in [0.5, 0.6) is 0 Å². The zero-order valence-corrected chi connectivity index (χ0v) is 18.0. The van der Waals surface area contributed by atoms with E-state index in [9.17, 15) is 14.4 Å². The molecule has 0 bridgehead atoms. The molecule has 160 valence electrons. The molecule has 0 aliphatic carbocycles. The minimum Gasteiger partial charge on any atom is -0.469 e. The number of methoxy groups -OCH3 is 1. The van der Waals surface area contributed by atoms with Gasteiger partial charge in [-0.25, -0.2) is 0 Å². The second kappa shape index (κ2) is 9.75. The maximum Gasteiger partial charge on any atom is 0.307 e. The molecule has 2 aliphatic rings. The van der Waals surface area contributed by atoms with E-state index >= 15 is 0 Å². The average Bonchev–Trinajstić information content (AvgIpc) is 3.38. The Morgan fingerprint density at radius 2 is 2.07 bits per heavy atom. The van der Waals surface area contributed by atoms with Gasteiger partial charge in [0.1, 0.15) is 11.1 Å². The lowest BCUT2D eigenvalue weighted by atomic mass is 10.1. The third kappa shape index (κ3) is 4.99. The van der Waals surface area contributed by atoms with E-state index in [1.54, 1.807) is 19.2 Å². The Labute approximate surface area is 179 Å². The molecule has 2 N–H and O–H groups in total. The molecule has 2 aliphatic heterocycles. The van der Waals surface area contributed by atoms with Crippen molar-refractivity contribution < 1.29 is 19.1 Å². The maximum atomic E-state index is 12.6. The van der Waals surface area contributed by atoms with E-state index in [0.717, 1.165) is 24.5 Å². The Morgan fingerprint density at radius 3 is 2.70 bits per heavy atom. The third-order valence-electron chi connectivity index (χ3n) is 4.97. The third-order valence-corrected chi connectivity index (χ3v) is 6.43. The summed E-state index contributed by atoms with van der Waals surface area (Å²) in [6, 6.07) is 7.00. The van der Waals surface area contributed by atoms with Crippen LogP contribution >= 0.6 is 11.8 Å². The summed E-state index contributed by atoms with van der Waals surface area (Å²) in [5.74, 6) is -0.110. The van der Waals surface area contributed by atoms with Crippen molar-refractivity contribution in [2.45, 2.75) is 24.6 Å². The van der Waals surface area contributed by atoms with E-state index < -0.39 is 5.25 Å². The molecule has 1 aromatic rings. The Kier molecular flexibility index (Phi) is 7.09. The summed E-state index contributed by atoms with van der Waals surface area (Å²) in [5.41, 5.74) is 1.40. The van der Waals surface area contributed by atoms with Gasteiger partial charge in [-0.3, -0.25) is 19.4 Å². The highest BCUT2D eigenvalue weighted by Gasteiger charge is 2.39. The van der Waals surface area contributed by atoms with Gasteiger partial charge >= 0.3 is 5.97 Å². The van der Waals surface area contributed by atoms with E-state index in [0.29, 0.717) is 10.7 Å². The number of nitrogens with one attached hydrogen (secondary N) is 2. The molecule has 9 nitrogen and oxygen atoms in total. The number of hydrogen-bond donors (Lipinski definition) is 2. The van der Waals surface area contributed by atoms with Gasteiger partial charge in [-0.1, -0.05) is 23.9 Å². The SMILES string of the molecule is COC(=O)CCNC(=O)C1SC(=NC(=O)c2ccc(C3=NCCN3)cc2)N(C)C1C. The number of nitrogens with zero attached hydrogens (tertiary/aromatic N) is 3. The van der Waals surface area contributed by atoms with Gasteiger partial charge in [0.25, 0.3) is 5.91 Å². The number of thioether (sulfide) groups is 1. The van der Waals surface area contributed by atoms with Crippen LogP contribution in [0.4, 0.5) is 0 Å². The molecule has 0 radical (unpaired) electrons. The Bertz CT molecular complexity index is 884. The molecule has 2 unspecified atom stereocenters. The van der Waals surface area contributed by atoms with E-state index in [1.165, 1.54) is 18.9 Å². The molecule has 0 spiro atoms. The molecule has 2 atom stereocenters. The smallest absolute Gasteiger partial charge is 0.307 e. The summed E-state index contributed by atoms with van der Waals surface area (Å²) < 4.78 is 4.56. The standard InChI is InChI=1S/C20H25N5O4S/c1-12-16(19(28)23-9-8-15(26)29-3)30-20(25(12)2)24-18(27)14-6-4-13(5-7-14)17-21-10-11-22-17/h4-7,12,16H,8-11H2,1-3H3,(H,21,22)(H,23,28). The molecule has 1 fully saturated rings. The van der Waals surface area contributed by atoms with E-state index in [-0.39, 0.29) is 36.8 Å². The molecular formula is C20H25N5O4S. The predicted octanol–water partition coefficient (Wildman–Crippen LogP) is 0.648. The number of ether oxygens (including phenoxy) is 1. The first kappa shape index (κ1) is 21.8. The molecule has 30 heavy (non-hydrogen) atoms. The number of rotatable bonds is 6. The number of amides is 2. The van der Waals surface area contributed by atoms with E-state index in [4.69, 9.17) is 0 Å². The summed E-state index contributed by atoms with van der Waals surface area (Å²) in [5, 5.41) is 6.00. The Morgan fingerprint density at radius 1 is 1.33 bits per heavy atom. The van der Waals surface area contributed by atoms with Crippen LogP contribution in [0.3, 0.4) is 0 Å². The van der Waals surface area contributed by atoms with Crippen LogP contribution in [0, 0.1) is 0 Å². The number of aliphatic imine (C=N–C) groups is 2. The number of hydrogen-bond acceptors (Lipinski definition) is 7. The van der Waals surface area contributed by atoms with Crippen LogP contribution in [0.15, 0.2) is 34.3 Å². The lowest BCUT2D eigenvalue weighted by Gasteiger charge is -2.19. The topological polar surface area (TPSA) is 112 Å². The molecule has 3 rings (SSSR count). The highest BCUT2D eigenvalue weighted by molar-refractivity contribution is 8.15. The Balaban J connectivity index is 1.62. The van der Waals surface area contributed by atoms with Gasteiger partial charge in [0.05, 0.1) is 20.1 Å². The lowest BCUT2D eigenvalue weighted by molar-refractivity contribution is -0.140. The maximum absolute atomic E-state index is 12.6. The van der Waals surface area contributed by atoms with Crippen molar-refractivity contribution in [3.05, 3.63) is 35.4 Å². The molecule has 10 heteroatoms. The first-order valence-electron chi connectivity index (χ1n) is 9.66. The highest BCUT2D eigenvalue weighted by atomic mass is 32.2. The van der Waals surface area contributed by atoms with Crippen LogP contribution in [-0.2, 0) is 14.3 Å². The van der Waals surface area contributed by atoms with Crippen molar-refractivity contribution in [1.82, 2.24) is 15.5 Å². The number of amidine groups is 2. The molecule has 2 amide bonds. The van der Waals surface area contributed by atoms with Gasteiger partial charge in [0.2, 0.25) is 5.91 Å². The van der Waals surface area contributed by atoms with E-state index in [2.05, 4.69) is 25.4 Å². The summed E-state index contributed by atoms with van der Waals surface area (Å²) in [6.45, 7) is 3.68. The van der Waals surface area contributed by atoms with Gasteiger partial charge in [0.15, 0.2) is 5.17 Å². The number of benzene rings is 1. The summed E-state index contributed by atoms with van der Waals surface area (Å²) in [7, 11) is 3.11. The average molecular weight is 432 g/mol. The fourth-order valence-corrected chi connectivity index (χ4v) is 4.32. The van der Waals surface area contributed by atoms with Crippen LogP contribution in [0.1, 0.15) is 29.3 Å². The van der Waals surface area contributed by atoms with Crippen LogP contribution in [-0.4, -0.2) is 78.8 Å². The zero-order valence-electron chi connectivity index (χ0n) is 17.2.